The van der Waals surface area contributed by atoms with Crippen molar-refractivity contribution >= 4 is 17.4 Å². The van der Waals surface area contributed by atoms with E-state index in [4.69, 9.17) is 0 Å². The Kier molecular flexibility index (Phi) is 5.65. The molecule has 5 nitrogen and oxygen atoms in total. The summed E-state index contributed by atoms with van der Waals surface area (Å²) in [6.07, 6.45) is 0.00909. The number of aromatic nitrogens is 1. The minimum Gasteiger partial charge on any atom is -0.391 e. The summed E-state index contributed by atoms with van der Waals surface area (Å²) in [6, 6.07) is 7.22. The first kappa shape index (κ1) is 19.2. The van der Waals surface area contributed by atoms with Crippen molar-refractivity contribution in [1.82, 2.24) is 4.98 Å². The molecular formula is C19H20F3N3O2. The molecular weight excluding hydrogens is 359 g/mol. The van der Waals surface area contributed by atoms with E-state index in [1.54, 1.807) is 12.1 Å². The topological polar surface area (TPSA) is 74.2 Å². The maximum Gasteiger partial charge on any atom is 0.416 e. The average molecular weight is 379 g/mol. The molecule has 0 spiro atoms. The molecule has 1 aliphatic rings. The third kappa shape index (κ3) is 4.77. The van der Waals surface area contributed by atoms with Crippen LogP contribution in [0.25, 0.3) is 0 Å². The fraction of sp³-hybridized carbons (Fsp3) is 0.368. The van der Waals surface area contributed by atoms with E-state index in [9.17, 15) is 23.1 Å². The number of carbonyl (C=O) groups excluding carboxylic acids is 1. The first-order chi connectivity index (χ1) is 12.8. The van der Waals surface area contributed by atoms with Gasteiger partial charge in [0.25, 0.3) is 5.91 Å². The van der Waals surface area contributed by atoms with E-state index in [1.165, 1.54) is 18.3 Å². The van der Waals surface area contributed by atoms with Gasteiger partial charge in [-0.3, -0.25) is 4.79 Å². The Hall–Kier alpha value is -2.61. The predicted molar refractivity (Wildman–Crippen MR) is 95.5 cm³/mol. The van der Waals surface area contributed by atoms with Gasteiger partial charge in [-0.2, -0.15) is 13.2 Å². The Morgan fingerprint density at radius 2 is 1.81 bits per heavy atom. The number of pyridine rings is 1. The molecule has 0 saturated heterocycles. The summed E-state index contributed by atoms with van der Waals surface area (Å²) in [5.74, 6) is -0.150. The largest absolute Gasteiger partial charge is 0.416 e. The highest BCUT2D eigenvalue weighted by molar-refractivity contribution is 6.07. The first-order valence-corrected chi connectivity index (χ1v) is 8.73. The number of alkyl halides is 3. The predicted octanol–water partition coefficient (Wildman–Crippen LogP) is 4.07. The lowest BCUT2D eigenvalue weighted by Crippen LogP contribution is -2.37. The van der Waals surface area contributed by atoms with Gasteiger partial charge < -0.3 is 15.7 Å². The maximum absolute atomic E-state index is 12.6. The number of rotatable bonds is 4. The van der Waals surface area contributed by atoms with Crippen molar-refractivity contribution in [2.24, 2.45) is 0 Å². The number of aliphatic hydroxyl groups excluding tert-OH is 1. The summed E-state index contributed by atoms with van der Waals surface area (Å²) in [5.41, 5.74) is -0.272. The fourth-order valence-electron chi connectivity index (χ4n) is 3.10. The van der Waals surface area contributed by atoms with Gasteiger partial charge in [-0.1, -0.05) is 12.8 Å². The van der Waals surface area contributed by atoms with Crippen LogP contribution in [0.2, 0.25) is 0 Å². The molecule has 0 bridgehead atoms. The number of benzene rings is 1. The van der Waals surface area contributed by atoms with Crippen molar-refractivity contribution in [2.75, 3.05) is 10.6 Å². The van der Waals surface area contributed by atoms with E-state index in [-0.39, 0.29) is 17.3 Å². The lowest BCUT2D eigenvalue weighted by atomic mass is 9.92. The molecule has 3 rings (SSSR count). The maximum atomic E-state index is 12.6. The van der Waals surface area contributed by atoms with Gasteiger partial charge in [0.15, 0.2) is 0 Å². The standard InChI is InChI=1S/C19H20F3N3O2/c20-19(21,22)12-7-9-13(10-8-12)24-18(27)14-4-3-11-23-17(14)25-15-5-1-2-6-16(15)26/h3-4,7-11,15-16,26H,1-2,5-6H2,(H,23,25)(H,24,27)/t15-,16-/m1/s1. The summed E-state index contributed by atoms with van der Waals surface area (Å²) in [7, 11) is 0. The molecule has 2 aromatic rings. The van der Waals surface area contributed by atoms with Crippen LogP contribution in [0, 0.1) is 0 Å². The molecule has 0 unspecified atom stereocenters. The minimum atomic E-state index is -4.43. The van der Waals surface area contributed by atoms with Crippen molar-refractivity contribution in [3.8, 4) is 0 Å². The zero-order chi connectivity index (χ0) is 19.4. The Labute approximate surface area is 154 Å². The van der Waals surface area contributed by atoms with Crippen molar-refractivity contribution in [3.63, 3.8) is 0 Å². The minimum absolute atomic E-state index is 0.189. The van der Waals surface area contributed by atoms with Crippen LogP contribution < -0.4 is 10.6 Å². The Morgan fingerprint density at radius 3 is 2.48 bits per heavy atom. The molecule has 0 radical (unpaired) electrons. The molecule has 144 valence electrons. The number of halogens is 3. The zero-order valence-corrected chi connectivity index (χ0v) is 14.5. The number of carbonyl (C=O) groups is 1. The van der Waals surface area contributed by atoms with Crippen molar-refractivity contribution in [3.05, 3.63) is 53.7 Å². The van der Waals surface area contributed by atoms with E-state index in [0.717, 1.165) is 31.4 Å². The van der Waals surface area contributed by atoms with Gasteiger partial charge in [-0.05, 0) is 49.2 Å². The van der Waals surface area contributed by atoms with Crippen molar-refractivity contribution in [2.45, 2.75) is 44.0 Å². The zero-order valence-electron chi connectivity index (χ0n) is 14.5. The normalized spacial score (nSPS) is 20.1. The SMILES string of the molecule is O=C(Nc1ccc(C(F)(F)F)cc1)c1cccnc1N[C@@H]1CCCC[C@H]1O. The average Bonchev–Trinajstić information content (AvgIpc) is 2.64. The highest BCUT2D eigenvalue weighted by atomic mass is 19.4. The molecule has 2 atom stereocenters. The van der Waals surface area contributed by atoms with Crippen molar-refractivity contribution in [1.29, 1.82) is 0 Å². The number of nitrogens with zero attached hydrogens (tertiary/aromatic N) is 1. The number of anilines is 2. The molecule has 1 heterocycles. The van der Waals surface area contributed by atoms with Crippen LogP contribution >= 0.6 is 0 Å². The molecule has 1 aromatic carbocycles. The first-order valence-electron chi connectivity index (χ1n) is 8.73. The van der Waals surface area contributed by atoms with E-state index in [1.807, 2.05) is 0 Å². The quantitative estimate of drug-likeness (QED) is 0.749. The molecule has 0 aliphatic heterocycles. The van der Waals surface area contributed by atoms with Crippen LogP contribution in [0.3, 0.4) is 0 Å². The molecule has 1 aromatic heterocycles. The van der Waals surface area contributed by atoms with Gasteiger partial charge in [0.2, 0.25) is 0 Å². The van der Waals surface area contributed by atoms with Gasteiger partial charge in [-0.15, -0.1) is 0 Å². The highest BCUT2D eigenvalue weighted by Crippen LogP contribution is 2.30. The second-order valence-electron chi connectivity index (χ2n) is 6.53. The highest BCUT2D eigenvalue weighted by Gasteiger charge is 2.30. The smallest absolute Gasteiger partial charge is 0.391 e. The number of hydrogen-bond donors (Lipinski definition) is 3. The lowest BCUT2D eigenvalue weighted by molar-refractivity contribution is -0.137. The number of aliphatic hydroxyl groups is 1. The van der Waals surface area contributed by atoms with Crippen LogP contribution in [0.15, 0.2) is 42.6 Å². The van der Waals surface area contributed by atoms with E-state index >= 15 is 0 Å². The van der Waals surface area contributed by atoms with Crippen molar-refractivity contribution < 1.29 is 23.1 Å². The molecule has 1 aliphatic carbocycles. The summed E-state index contributed by atoms with van der Waals surface area (Å²) >= 11 is 0. The summed E-state index contributed by atoms with van der Waals surface area (Å²) in [6.45, 7) is 0. The number of amides is 1. The summed E-state index contributed by atoms with van der Waals surface area (Å²) < 4.78 is 37.9. The van der Waals surface area contributed by atoms with Crippen LogP contribution in [-0.2, 0) is 6.18 Å². The summed E-state index contributed by atoms with van der Waals surface area (Å²) in [4.78, 5) is 16.7. The third-order valence-electron chi connectivity index (χ3n) is 4.57. The summed E-state index contributed by atoms with van der Waals surface area (Å²) in [5, 5.41) is 15.8. The van der Waals surface area contributed by atoms with Crippen LogP contribution in [-0.4, -0.2) is 28.1 Å². The van der Waals surface area contributed by atoms with E-state index in [2.05, 4.69) is 15.6 Å². The Morgan fingerprint density at radius 1 is 1.11 bits per heavy atom. The van der Waals surface area contributed by atoms with Crippen LogP contribution in [0.1, 0.15) is 41.6 Å². The Balaban J connectivity index is 1.73. The van der Waals surface area contributed by atoms with Gasteiger partial charge in [0.1, 0.15) is 5.82 Å². The van der Waals surface area contributed by atoms with Crippen LogP contribution in [0.4, 0.5) is 24.7 Å². The third-order valence-corrected chi connectivity index (χ3v) is 4.57. The second kappa shape index (κ2) is 7.96. The van der Waals surface area contributed by atoms with E-state index < -0.39 is 23.8 Å². The van der Waals surface area contributed by atoms with Crippen LogP contribution in [0.5, 0.6) is 0 Å². The molecule has 1 fully saturated rings. The van der Waals surface area contributed by atoms with Gasteiger partial charge in [0, 0.05) is 11.9 Å². The Bertz CT molecular complexity index is 794. The van der Waals surface area contributed by atoms with Gasteiger partial charge >= 0.3 is 6.18 Å². The molecule has 1 saturated carbocycles. The monoisotopic (exact) mass is 379 g/mol. The molecule has 1 amide bonds. The number of hydrogen-bond acceptors (Lipinski definition) is 4. The molecule has 8 heteroatoms. The molecule has 3 N–H and O–H groups in total. The molecule has 27 heavy (non-hydrogen) atoms. The van der Waals surface area contributed by atoms with E-state index in [0.29, 0.717) is 12.2 Å². The van der Waals surface area contributed by atoms with Gasteiger partial charge in [0.05, 0.1) is 23.3 Å². The van der Waals surface area contributed by atoms with Gasteiger partial charge in [-0.25, -0.2) is 4.98 Å². The fourth-order valence-corrected chi connectivity index (χ4v) is 3.10. The lowest BCUT2D eigenvalue weighted by Gasteiger charge is -2.29. The second-order valence-corrected chi connectivity index (χ2v) is 6.53. The number of nitrogens with one attached hydrogen (secondary N) is 2.